The third kappa shape index (κ3) is 7.34. The number of aromatic nitrogens is 4. The zero-order chi connectivity index (χ0) is 36.2. The number of carbonyl (C=O) groups is 1. The van der Waals surface area contributed by atoms with Gasteiger partial charge in [-0.25, -0.2) is 0 Å². The number of nitrogens with one attached hydrogen (secondary N) is 3. The monoisotopic (exact) mass is 683 g/mol. The Morgan fingerprint density at radius 1 is 0.627 bits per heavy atom. The Bertz CT molecular complexity index is 2470. The molecule has 4 heterocycles. The van der Waals surface area contributed by atoms with Crippen LogP contribution in [-0.2, 0) is 0 Å². The Labute approximate surface area is 290 Å². The van der Waals surface area contributed by atoms with Crippen LogP contribution in [0.25, 0.3) is 11.4 Å². The van der Waals surface area contributed by atoms with E-state index in [1.54, 1.807) is 96.3 Å². The van der Waals surface area contributed by atoms with Crippen LogP contribution in [0.1, 0.15) is 32.6 Å². The molecular weight excluding hydrogens is 650 g/mol. The molecule has 0 saturated heterocycles. The summed E-state index contributed by atoms with van der Waals surface area (Å²) in [5, 5.41) is 40.5. The van der Waals surface area contributed by atoms with Crippen molar-refractivity contribution in [1.82, 2.24) is 9.97 Å². The van der Waals surface area contributed by atoms with Gasteiger partial charge in [0, 0.05) is 34.5 Å². The van der Waals surface area contributed by atoms with E-state index < -0.39 is 22.9 Å². The zero-order valence-electron chi connectivity index (χ0n) is 28.0. The maximum Gasteiger partial charge on any atom is 0.323 e. The highest BCUT2D eigenvalue weighted by atomic mass is 16.3. The fourth-order valence-electron chi connectivity index (χ4n) is 5.41. The molecule has 6 aromatic rings. The Morgan fingerprint density at radius 3 is 1.49 bits per heavy atom. The topological polar surface area (TPSA) is 192 Å². The fourth-order valence-corrected chi connectivity index (χ4v) is 5.41. The molecule has 14 heteroatoms. The molecule has 0 spiro atoms. The van der Waals surface area contributed by atoms with Gasteiger partial charge < -0.3 is 15.5 Å². The molecule has 14 nitrogen and oxygen atoms in total. The third-order valence-electron chi connectivity index (χ3n) is 7.96. The van der Waals surface area contributed by atoms with E-state index >= 15 is 0 Å². The molecular formula is C37H33N9O5+2. The summed E-state index contributed by atoms with van der Waals surface area (Å²) < 4.78 is 3.33. The van der Waals surface area contributed by atoms with E-state index in [0.29, 0.717) is 45.1 Å². The summed E-state index contributed by atoms with van der Waals surface area (Å²) in [4.78, 5) is 43.1. The largest absolute Gasteiger partial charge is 0.493 e. The molecule has 4 aromatic heterocycles. The molecule has 0 aliphatic heterocycles. The standard InChI is InChI=1S/C37H31N9O5/c1-21-7-5-17-45(19-21)31-23(3)29(34(48)39-36(31)50)43-41-27-11-9-25(10-12-27)33(47)38-26-13-15-28(16-14-26)42-44-30-24(4)32(37(51)40-35(30)49)46-18-6-8-22(2)20-46/h5-20H,1-4H3,(H3-2,38,39,40,41,42,43,44,47,48,49,50,51)/p+2. The number of anilines is 1. The van der Waals surface area contributed by atoms with Gasteiger partial charge in [0.05, 0.1) is 22.5 Å². The van der Waals surface area contributed by atoms with Crippen LogP contribution in [0.15, 0.2) is 128 Å². The van der Waals surface area contributed by atoms with Crippen molar-refractivity contribution < 1.29 is 24.1 Å². The number of hydrogen-bond donors (Lipinski definition) is 5. The smallest absolute Gasteiger partial charge is 0.323 e. The van der Waals surface area contributed by atoms with Gasteiger partial charge in [0.15, 0.2) is 36.2 Å². The van der Waals surface area contributed by atoms with Gasteiger partial charge in [0.25, 0.3) is 17.3 Å². The maximum absolute atomic E-state index is 13.0. The van der Waals surface area contributed by atoms with Crippen molar-refractivity contribution in [2.45, 2.75) is 27.7 Å². The Kier molecular flexibility index (Phi) is 9.40. The summed E-state index contributed by atoms with van der Waals surface area (Å²) >= 11 is 0. The highest BCUT2D eigenvalue weighted by molar-refractivity contribution is 6.04. The van der Waals surface area contributed by atoms with Crippen LogP contribution in [0.3, 0.4) is 0 Å². The molecule has 1 amide bonds. The summed E-state index contributed by atoms with van der Waals surface area (Å²) in [5.74, 6) is -1.17. The van der Waals surface area contributed by atoms with E-state index in [-0.39, 0.29) is 17.3 Å². The number of aromatic amines is 2. The van der Waals surface area contributed by atoms with Crippen molar-refractivity contribution in [2.75, 3.05) is 5.32 Å². The number of benzene rings is 2. The highest BCUT2D eigenvalue weighted by Gasteiger charge is 2.23. The first-order valence-electron chi connectivity index (χ1n) is 15.7. The summed E-state index contributed by atoms with van der Waals surface area (Å²) in [7, 11) is 0. The summed E-state index contributed by atoms with van der Waals surface area (Å²) in [5.41, 5.74) is 4.45. The molecule has 0 aliphatic rings. The molecule has 0 aliphatic carbocycles. The van der Waals surface area contributed by atoms with Crippen LogP contribution in [0.5, 0.6) is 11.8 Å². The van der Waals surface area contributed by atoms with Gasteiger partial charge in [-0.15, -0.1) is 10.2 Å². The van der Waals surface area contributed by atoms with Gasteiger partial charge in [-0.2, -0.15) is 19.4 Å². The predicted octanol–water partition coefficient (Wildman–Crippen LogP) is 6.34. The van der Waals surface area contributed by atoms with E-state index in [4.69, 9.17) is 0 Å². The number of amides is 1. The predicted molar refractivity (Wildman–Crippen MR) is 189 cm³/mol. The lowest BCUT2D eigenvalue weighted by atomic mass is 10.2. The van der Waals surface area contributed by atoms with Crippen molar-refractivity contribution in [3.63, 3.8) is 0 Å². The van der Waals surface area contributed by atoms with Crippen LogP contribution in [0.4, 0.5) is 28.4 Å². The van der Waals surface area contributed by atoms with Crippen molar-refractivity contribution in [1.29, 1.82) is 0 Å². The Hall–Kier alpha value is -7.09. The molecule has 0 atom stereocenters. The van der Waals surface area contributed by atoms with E-state index in [0.717, 1.165) is 11.1 Å². The number of azo groups is 2. The second-order valence-corrected chi connectivity index (χ2v) is 11.8. The van der Waals surface area contributed by atoms with E-state index in [1.807, 2.05) is 38.1 Å². The minimum atomic E-state index is -0.470. The molecule has 0 radical (unpaired) electrons. The van der Waals surface area contributed by atoms with Crippen LogP contribution in [-0.4, -0.2) is 26.1 Å². The second kappa shape index (κ2) is 14.2. The first kappa shape index (κ1) is 33.8. The normalized spacial score (nSPS) is 11.4. The van der Waals surface area contributed by atoms with Crippen molar-refractivity contribution in [2.24, 2.45) is 20.5 Å². The van der Waals surface area contributed by atoms with Gasteiger partial charge in [0.2, 0.25) is 11.8 Å². The summed E-state index contributed by atoms with van der Waals surface area (Å²) in [6.07, 6.45) is 7.06. The van der Waals surface area contributed by atoms with Crippen molar-refractivity contribution in [3.05, 3.63) is 146 Å². The average molecular weight is 684 g/mol. The molecule has 51 heavy (non-hydrogen) atoms. The Balaban J connectivity index is 1.13. The minimum Gasteiger partial charge on any atom is -0.493 e. The second-order valence-electron chi connectivity index (χ2n) is 11.8. The number of rotatable bonds is 8. The van der Waals surface area contributed by atoms with Gasteiger partial charge in [0.1, 0.15) is 0 Å². The van der Waals surface area contributed by atoms with Crippen LogP contribution >= 0.6 is 0 Å². The minimum absolute atomic E-state index is 0.111. The molecule has 0 bridgehead atoms. The molecule has 5 N–H and O–H groups in total. The molecule has 0 fully saturated rings. The van der Waals surface area contributed by atoms with Gasteiger partial charge in [-0.05, 0) is 88.4 Å². The SMILES string of the molecule is Cc1ccc[n+](-c2c(C)c(N=Nc3ccc(NC(=O)c4ccc(N=Nc5c(O)[nH]c(=O)c(-[n+]6cccc(C)c6)c5C)cc4)cc3)c(O)[nH]c2=O)c1. The molecule has 6 rings (SSSR count). The average Bonchev–Trinajstić information content (AvgIpc) is 3.09. The summed E-state index contributed by atoms with van der Waals surface area (Å²) in [6, 6.07) is 20.4. The number of nitrogens with zero attached hydrogens (tertiary/aromatic N) is 6. The van der Waals surface area contributed by atoms with Gasteiger partial charge in [-0.1, -0.05) is 0 Å². The fraction of sp³-hybridized carbons (Fsp3) is 0.108. The molecule has 254 valence electrons. The van der Waals surface area contributed by atoms with Crippen LogP contribution in [0.2, 0.25) is 0 Å². The number of aromatic hydroxyl groups is 2. The van der Waals surface area contributed by atoms with Crippen molar-refractivity contribution >= 4 is 34.3 Å². The zero-order valence-corrected chi connectivity index (χ0v) is 28.0. The van der Waals surface area contributed by atoms with E-state index in [2.05, 4.69) is 35.7 Å². The third-order valence-corrected chi connectivity index (χ3v) is 7.96. The van der Waals surface area contributed by atoms with E-state index in [9.17, 15) is 24.6 Å². The summed E-state index contributed by atoms with van der Waals surface area (Å²) in [6.45, 7) is 7.17. The lowest BCUT2D eigenvalue weighted by molar-refractivity contribution is -0.597. The molecule has 2 aromatic carbocycles. The van der Waals surface area contributed by atoms with E-state index in [1.165, 1.54) is 0 Å². The number of hydrogen-bond acceptors (Lipinski definition) is 9. The quantitative estimate of drug-likeness (QED) is 0.0921. The first-order chi connectivity index (χ1) is 24.5. The number of carbonyl (C=O) groups excluding carboxylic acids is 1. The lowest BCUT2D eigenvalue weighted by Crippen LogP contribution is -2.38. The van der Waals surface area contributed by atoms with Crippen LogP contribution < -0.4 is 25.6 Å². The Morgan fingerprint density at radius 2 is 1.06 bits per heavy atom. The first-order valence-corrected chi connectivity index (χ1v) is 15.7. The van der Waals surface area contributed by atoms with Gasteiger partial charge in [-0.3, -0.25) is 24.4 Å². The molecule has 0 saturated carbocycles. The van der Waals surface area contributed by atoms with Crippen molar-refractivity contribution in [3.8, 4) is 23.1 Å². The molecule has 0 unspecified atom stereocenters. The number of H-pyrrole nitrogens is 2. The maximum atomic E-state index is 13.0. The van der Waals surface area contributed by atoms with Crippen LogP contribution in [0, 0.1) is 27.7 Å². The lowest BCUT2D eigenvalue weighted by Gasteiger charge is -2.07. The van der Waals surface area contributed by atoms with Gasteiger partial charge >= 0.3 is 11.1 Å². The number of aryl methyl sites for hydroxylation is 2. The number of pyridine rings is 4. The highest BCUT2D eigenvalue weighted by Crippen LogP contribution is 2.32.